The van der Waals surface area contributed by atoms with Gasteiger partial charge in [0, 0.05) is 24.9 Å². The van der Waals surface area contributed by atoms with Gasteiger partial charge < -0.3 is 4.90 Å². The van der Waals surface area contributed by atoms with Crippen LogP contribution in [0.3, 0.4) is 0 Å². The Hall–Kier alpha value is -0.250. The molecule has 0 unspecified atom stereocenters. The van der Waals surface area contributed by atoms with Crippen LogP contribution in [-0.4, -0.2) is 23.3 Å². The number of thiocarbonyl (C=S) groups is 1. The zero-order valence-electron chi connectivity index (χ0n) is 8.16. The Morgan fingerprint density at radius 3 is 2.43 bits per heavy atom. The van der Waals surface area contributed by atoms with Crippen molar-refractivity contribution in [1.29, 1.82) is 0 Å². The highest BCUT2D eigenvalue weighted by Crippen LogP contribution is 2.17. The Labute approximate surface area is 99.4 Å². The molecule has 0 aliphatic carbocycles. The van der Waals surface area contributed by atoms with Crippen LogP contribution >= 0.6 is 35.6 Å². The highest BCUT2D eigenvalue weighted by Gasteiger charge is 2.00. The fourth-order valence-corrected chi connectivity index (χ4v) is 1.90. The summed E-state index contributed by atoms with van der Waals surface area (Å²) in [5.41, 5.74) is 1.24. The molecule has 4 heteroatoms. The monoisotopic (exact) mass is 245 g/mol. The smallest absolute Gasteiger partial charge is 0.136 e. The molecule has 0 saturated carbocycles. The molecule has 1 aromatic carbocycles. The molecule has 0 radical (unpaired) electrons. The van der Waals surface area contributed by atoms with Gasteiger partial charge in [-0.05, 0) is 17.7 Å². The Kier molecular flexibility index (Phi) is 4.72. The first-order valence-electron chi connectivity index (χ1n) is 4.18. The summed E-state index contributed by atoms with van der Waals surface area (Å²) < 4.78 is 0.903. The van der Waals surface area contributed by atoms with E-state index in [-0.39, 0.29) is 0 Å². The van der Waals surface area contributed by atoms with E-state index in [2.05, 4.69) is 0 Å². The van der Waals surface area contributed by atoms with Crippen LogP contribution in [0.2, 0.25) is 5.02 Å². The van der Waals surface area contributed by atoms with Gasteiger partial charge in [0.1, 0.15) is 4.32 Å². The van der Waals surface area contributed by atoms with Crippen molar-refractivity contribution >= 4 is 39.9 Å². The lowest BCUT2D eigenvalue weighted by Gasteiger charge is -2.12. The third kappa shape index (κ3) is 3.86. The van der Waals surface area contributed by atoms with E-state index in [0.29, 0.717) is 0 Å². The summed E-state index contributed by atoms with van der Waals surface area (Å²) in [6.07, 6.45) is 0. The van der Waals surface area contributed by atoms with E-state index < -0.39 is 0 Å². The third-order valence-corrected chi connectivity index (χ3v) is 3.70. The van der Waals surface area contributed by atoms with Crippen molar-refractivity contribution in [2.24, 2.45) is 0 Å². The number of hydrogen-bond donors (Lipinski definition) is 0. The van der Waals surface area contributed by atoms with Gasteiger partial charge in [0.15, 0.2) is 0 Å². The van der Waals surface area contributed by atoms with Crippen LogP contribution in [0.1, 0.15) is 5.56 Å². The van der Waals surface area contributed by atoms with Crippen LogP contribution in [0.15, 0.2) is 24.3 Å². The summed E-state index contributed by atoms with van der Waals surface area (Å²) in [5.74, 6) is 0.897. The second-order valence-electron chi connectivity index (χ2n) is 3.08. The first kappa shape index (κ1) is 11.8. The summed E-state index contributed by atoms with van der Waals surface area (Å²) in [5, 5.41) is 0.772. The van der Waals surface area contributed by atoms with Crippen LogP contribution in [0.5, 0.6) is 0 Å². The summed E-state index contributed by atoms with van der Waals surface area (Å²) in [4.78, 5) is 1.94. The molecule has 0 aliphatic heterocycles. The van der Waals surface area contributed by atoms with Crippen molar-refractivity contribution in [3.8, 4) is 0 Å². The number of thioether (sulfide) groups is 1. The summed E-state index contributed by atoms with van der Waals surface area (Å²) in [6, 6.07) is 7.84. The quantitative estimate of drug-likeness (QED) is 0.736. The fourth-order valence-electron chi connectivity index (χ4n) is 0.855. The molecule has 0 saturated heterocycles. The van der Waals surface area contributed by atoms with Crippen molar-refractivity contribution in [2.45, 2.75) is 5.75 Å². The minimum absolute atomic E-state index is 0.772. The van der Waals surface area contributed by atoms with Crippen LogP contribution in [-0.2, 0) is 5.75 Å². The van der Waals surface area contributed by atoms with Crippen LogP contribution < -0.4 is 0 Å². The summed E-state index contributed by atoms with van der Waals surface area (Å²) in [6.45, 7) is 0. The average Bonchev–Trinajstić information content (AvgIpc) is 2.16. The van der Waals surface area contributed by atoms with E-state index in [1.807, 2.05) is 43.3 Å². The van der Waals surface area contributed by atoms with Crippen molar-refractivity contribution < 1.29 is 0 Å². The minimum Gasteiger partial charge on any atom is -0.364 e. The van der Waals surface area contributed by atoms with Gasteiger partial charge in [0.05, 0.1) is 0 Å². The van der Waals surface area contributed by atoms with Crippen LogP contribution in [0.4, 0.5) is 0 Å². The maximum atomic E-state index is 5.78. The van der Waals surface area contributed by atoms with Crippen molar-refractivity contribution in [3.05, 3.63) is 34.9 Å². The Balaban J connectivity index is 2.46. The predicted molar refractivity (Wildman–Crippen MR) is 69.0 cm³/mol. The molecular weight excluding hydrogens is 234 g/mol. The Bertz CT molecular complexity index is 308. The molecule has 76 valence electrons. The number of benzene rings is 1. The van der Waals surface area contributed by atoms with Gasteiger partial charge in [-0.3, -0.25) is 0 Å². The molecule has 1 rings (SSSR count). The molecule has 0 atom stereocenters. The molecule has 0 spiro atoms. The van der Waals surface area contributed by atoms with Gasteiger partial charge in [-0.2, -0.15) is 0 Å². The number of rotatable bonds is 2. The van der Waals surface area contributed by atoms with Crippen molar-refractivity contribution in [3.63, 3.8) is 0 Å². The van der Waals surface area contributed by atoms with Gasteiger partial charge >= 0.3 is 0 Å². The van der Waals surface area contributed by atoms with Gasteiger partial charge in [0.2, 0.25) is 0 Å². The second kappa shape index (κ2) is 5.59. The molecule has 0 fully saturated rings. The predicted octanol–water partition coefficient (Wildman–Crippen LogP) is 3.42. The molecule has 1 aromatic rings. The fraction of sp³-hybridized carbons (Fsp3) is 0.300. The molecular formula is C10H12ClNS2. The Morgan fingerprint density at radius 1 is 1.36 bits per heavy atom. The standard InChI is InChI=1S/C10H12ClNS2/c1-12(2)10(13)14-7-8-3-5-9(11)6-4-8/h3-6H,7H2,1-2H3. The maximum Gasteiger partial charge on any atom is 0.136 e. The van der Waals surface area contributed by atoms with E-state index in [0.717, 1.165) is 15.1 Å². The molecule has 0 N–H and O–H groups in total. The van der Waals surface area contributed by atoms with Crippen LogP contribution in [0, 0.1) is 0 Å². The average molecular weight is 246 g/mol. The first-order valence-corrected chi connectivity index (χ1v) is 5.95. The maximum absolute atomic E-state index is 5.78. The lowest BCUT2D eigenvalue weighted by atomic mass is 10.2. The topological polar surface area (TPSA) is 3.24 Å². The second-order valence-corrected chi connectivity index (χ2v) is 5.12. The van der Waals surface area contributed by atoms with E-state index in [4.69, 9.17) is 23.8 Å². The van der Waals surface area contributed by atoms with Crippen molar-refractivity contribution in [2.75, 3.05) is 14.1 Å². The molecule has 0 heterocycles. The van der Waals surface area contributed by atoms with Gasteiger partial charge in [-0.15, -0.1) is 0 Å². The number of halogens is 1. The highest BCUT2D eigenvalue weighted by molar-refractivity contribution is 8.22. The summed E-state index contributed by atoms with van der Waals surface area (Å²) >= 11 is 12.6. The lowest BCUT2D eigenvalue weighted by molar-refractivity contribution is 0.648. The number of hydrogen-bond acceptors (Lipinski definition) is 2. The van der Waals surface area contributed by atoms with Gasteiger partial charge in [-0.25, -0.2) is 0 Å². The van der Waals surface area contributed by atoms with Gasteiger partial charge in [-0.1, -0.05) is 47.7 Å². The van der Waals surface area contributed by atoms with Crippen LogP contribution in [0.25, 0.3) is 0 Å². The largest absolute Gasteiger partial charge is 0.364 e. The number of nitrogens with zero attached hydrogens (tertiary/aromatic N) is 1. The SMILES string of the molecule is CN(C)C(=S)SCc1ccc(Cl)cc1. The van der Waals surface area contributed by atoms with E-state index in [9.17, 15) is 0 Å². The highest BCUT2D eigenvalue weighted by atomic mass is 35.5. The first-order chi connectivity index (χ1) is 6.59. The molecule has 14 heavy (non-hydrogen) atoms. The molecule has 0 bridgehead atoms. The summed E-state index contributed by atoms with van der Waals surface area (Å²) in [7, 11) is 3.91. The van der Waals surface area contributed by atoms with Crippen molar-refractivity contribution in [1.82, 2.24) is 4.90 Å². The molecule has 0 aliphatic rings. The van der Waals surface area contributed by atoms with E-state index >= 15 is 0 Å². The Morgan fingerprint density at radius 2 is 1.93 bits per heavy atom. The zero-order chi connectivity index (χ0) is 10.6. The molecule has 0 amide bonds. The van der Waals surface area contributed by atoms with E-state index in [1.54, 1.807) is 11.8 Å². The van der Waals surface area contributed by atoms with E-state index in [1.165, 1.54) is 5.56 Å². The van der Waals surface area contributed by atoms with Gasteiger partial charge in [0.25, 0.3) is 0 Å². The minimum atomic E-state index is 0.772. The normalized spacial score (nSPS) is 9.93. The zero-order valence-corrected chi connectivity index (χ0v) is 10.5. The third-order valence-electron chi connectivity index (χ3n) is 1.64. The lowest BCUT2D eigenvalue weighted by Crippen LogP contribution is -2.16. The molecule has 0 aromatic heterocycles. The molecule has 1 nitrogen and oxygen atoms in total.